The van der Waals surface area contributed by atoms with E-state index in [1.807, 2.05) is 48.4 Å². The Morgan fingerprint density at radius 2 is 2.09 bits per heavy atom. The molecule has 2 aromatic rings. The van der Waals surface area contributed by atoms with E-state index in [4.69, 9.17) is 9.47 Å². The molecule has 1 N–H and O–H groups in total. The van der Waals surface area contributed by atoms with Crippen molar-refractivity contribution in [2.45, 2.75) is 49.3 Å². The van der Waals surface area contributed by atoms with Crippen molar-refractivity contribution in [3.8, 4) is 17.2 Å². The van der Waals surface area contributed by atoms with Gasteiger partial charge in [-0.1, -0.05) is 30.3 Å². The van der Waals surface area contributed by atoms with Gasteiger partial charge >= 0.3 is 0 Å². The SMILES string of the molecule is COc1cc(O)c2c3c1O[C@H]1[C@@H](N(C)C(=O)C=Cc4ccccc4)CC[C@H]4[C@@H](C2)N(C)CC[C@@]341. The van der Waals surface area contributed by atoms with Gasteiger partial charge in [0.2, 0.25) is 5.91 Å². The Morgan fingerprint density at radius 3 is 2.85 bits per heavy atom. The smallest absolute Gasteiger partial charge is 0.246 e. The Hall–Kier alpha value is -2.99. The molecule has 2 aromatic carbocycles. The zero-order valence-electron chi connectivity index (χ0n) is 20.0. The van der Waals surface area contributed by atoms with E-state index in [0.29, 0.717) is 23.5 Å². The molecule has 2 heterocycles. The van der Waals surface area contributed by atoms with Crippen LogP contribution in [0.3, 0.4) is 0 Å². The molecule has 0 aromatic heterocycles. The van der Waals surface area contributed by atoms with Crippen molar-refractivity contribution >= 4 is 12.0 Å². The lowest BCUT2D eigenvalue weighted by Gasteiger charge is -2.59. The van der Waals surface area contributed by atoms with E-state index in [1.54, 1.807) is 19.3 Å². The number of nitrogens with zero attached hydrogens (tertiary/aromatic N) is 2. The molecule has 4 aliphatic rings. The minimum atomic E-state index is -0.202. The lowest BCUT2D eigenvalue weighted by Crippen LogP contribution is -2.68. The standard InChI is InChI=1S/C28H32N2O4/c1-29-14-13-28-19-10-11-20(30(2)24(32)12-9-17-7-5-4-6-8-17)27(28)34-26-23(33-3)16-22(31)18(25(26)28)15-21(19)29/h4-9,12,16,19-21,27,31H,10-11,13-15H2,1-3H3/t19-,20-,21+,27-,28-/m0/s1. The Kier molecular flexibility index (Phi) is 4.92. The molecule has 34 heavy (non-hydrogen) atoms. The van der Waals surface area contributed by atoms with Crippen LogP contribution in [-0.2, 0) is 16.6 Å². The third kappa shape index (κ3) is 2.87. The summed E-state index contributed by atoms with van der Waals surface area (Å²) in [5.41, 5.74) is 2.96. The van der Waals surface area contributed by atoms with Crippen molar-refractivity contribution in [1.29, 1.82) is 0 Å². The fourth-order valence-electron chi connectivity index (χ4n) is 7.32. The summed E-state index contributed by atoms with van der Waals surface area (Å²) >= 11 is 0. The van der Waals surface area contributed by atoms with Crippen LogP contribution < -0.4 is 9.47 Å². The normalized spacial score (nSPS) is 31.1. The number of aromatic hydroxyl groups is 1. The van der Waals surface area contributed by atoms with E-state index in [0.717, 1.165) is 54.7 Å². The van der Waals surface area contributed by atoms with Crippen molar-refractivity contribution in [2.24, 2.45) is 5.92 Å². The van der Waals surface area contributed by atoms with E-state index in [2.05, 4.69) is 11.9 Å². The predicted octanol–water partition coefficient (Wildman–Crippen LogP) is 3.61. The fourth-order valence-corrected chi connectivity index (χ4v) is 7.32. The van der Waals surface area contributed by atoms with Crippen LogP contribution >= 0.6 is 0 Å². The highest BCUT2D eigenvalue weighted by Crippen LogP contribution is 2.65. The highest BCUT2D eigenvalue weighted by atomic mass is 16.5. The molecule has 2 fully saturated rings. The molecule has 178 valence electrons. The van der Waals surface area contributed by atoms with E-state index in [1.165, 1.54) is 0 Å². The number of ether oxygens (including phenoxy) is 2. The average Bonchev–Trinajstić information content (AvgIpc) is 3.20. The summed E-state index contributed by atoms with van der Waals surface area (Å²) in [4.78, 5) is 17.6. The number of likely N-dealkylation sites (N-methyl/N-ethyl adjacent to an activating group) is 2. The molecule has 0 radical (unpaired) electrons. The number of amides is 1. The Balaban J connectivity index is 1.40. The van der Waals surface area contributed by atoms with Crippen molar-refractivity contribution < 1.29 is 19.4 Å². The van der Waals surface area contributed by atoms with Gasteiger partial charge in [-0.25, -0.2) is 0 Å². The minimum Gasteiger partial charge on any atom is -0.508 e. The number of phenolic OH excluding ortho intramolecular Hbond substituents is 1. The first-order valence-corrected chi connectivity index (χ1v) is 12.3. The number of hydrogen-bond acceptors (Lipinski definition) is 5. The molecule has 2 aliphatic heterocycles. The van der Waals surface area contributed by atoms with Gasteiger partial charge in [-0.2, -0.15) is 0 Å². The molecule has 6 nitrogen and oxygen atoms in total. The highest BCUT2D eigenvalue weighted by Gasteiger charge is 2.66. The van der Waals surface area contributed by atoms with Crippen molar-refractivity contribution in [3.05, 3.63) is 59.2 Å². The molecule has 0 unspecified atom stereocenters. The zero-order chi connectivity index (χ0) is 23.6. The van der Waals surface area contributed by atoms with Crippen molar-refractivity contribution in [3.63, 3.8) is 0 Å². The van der Waals surface area contributed by atoms with Crippen LogP contribution in [0.25, 0.3) is 6.08 Å². The average molecular weight is 461 g/mol. The van der Waals surface area contributed by atoms with Crippen LogP contribution in [0.5, 0.6) is 17.2 Å². The number of benzene rings is 2. The monoisotopic (exact) mass is 460 g/mol. The number of likely N-dealkylation sites (tertiary alicyclic amines) is 1. The fraction of sp³-hybridized carbons (Fsp3) is 0.464. The molecule has 2 bridgehead atoms. The van der Waals surface area contributed by atoms with Crippen LogP contribution in [0.15, 0.2) is 42.5 Å². The maximum atomic E-state index is 13.3. The lowest BCUT2D eigenvalue weighted by molar-refractivity contribution is -0.134. The van der Waals surface area contributed by atoms with Crippen molar-refractivity contribution in [2.75, 3.05) is 27.7 Å². The summed E-state index contributed by atoms with van der Waals surface area (Å²) in [6, 6.07) is 11.9. The maximum Gasteiger partial charge on any atom is 0.246 e. The zero-order valence-corrected chi connectivity index (χ0v) is 20.0. The molecule has 1 amide bonds. The number of carbonyl (C=O) groups is 1. The number of phenols is 1. The van der Waals surface area contributed by atoms with E-state index in [-0.39, 0.29) is 23.5 Å². The molecule has 5 atom stereocenters. The summed E-state index contributed by atoms with van der Waals surface area (Å²) in [5.74, 6) is 2.10. The third-order valence-electron chi connectivity index (χ3n) is 8.94. The second kappa shape index (κ2) is 7.77. The number of rotatable bonds is 4. The van der Waals surface area contributed by atoms with Crippen molar-refractivity contribution in [1.82, 2.24) is 9.80 Å². The largest absolute Gasteiger partial charge is 0.508 e. The molecular weight excluding hydrogens is 428 g/mol. The second-order valence-corrected chi connectivity index (χ2v) is 10.3. The van der Waals surface area contributed by atoms with Gasteiger partial charge in [0.25, 0.3) is 0 Å². The highest BCUT2D eigenvalue weighted by molar-refractivity contribution is 5.92. The molecule has 2 aliphatic carbocycles. The Bertz CT molecular complexity index is 1160. The van der Waals surface area contributed by atoms with Crippen LogP contribution in [0.2, 0.25) is 0 Å². The topological polar surface area (TPSA) is 62.2 Å². The van der Waals surface area contributed by atoms with Gasteiger partial charge < -0.3 is 24.4 Å². The van der Waals surface area contributed by atoms with E-state index >= 15 is 0 Å². The van der Waals surface area contributed by atoms with Crippen LogP contribution in [0.4, 0.5) is 0 Å². The summed E-state index contributed by atoms with van der Waals surface area (Å²) in [6.45, 7) is 0.982. The quantitative estimate of drug-likeness (QED) is 0.707. The molecule has 1 saturated heterocycles. The number of piperidine rings is 1. The van der Waals surface area contributed by atoms with Crippen LogP contribution in [0, 0.1) is 5.92 Å². The minimum absolute atomic E-state index is 0.0152. The van der Waals surface area contributed by atoms with Gasteiger partial charge in [-0.3, -0.25) is 4.79 Å². The number of methoxy groups -OCH3 is 1. The van der Waals surface area contributed by atoms with Gasteiger partial charge in [0.15, 0.2) is 11.5 Å². The third-order valence-corrected chi connectivity index (χ3v) is 8.94. The lowest BCUT2D eigenvalue weighted by atomic mass is 9.51. The Labute approximate surface area is 200 Å². The molecular formula is C28H32N2O4. The first kappa shape index (κ1) is 21.5. The van der Waals surface area contributed by atoms with Crippen LogP contribution in [-0.4, -0.2) is 66.8 Å². The van der Waals surface area contributed by atoms with Crippen LogP contribution in [0.1, 0.15) is 36.0 Å². The summed E-state index contributed by atoms with van der Waals surface area (Å²) in [7, 11) is 5.72. The van der Waals surface area contributed by atoms with Gasteiger partial charge in [-0.05, 0) is 56.8 Å². The second-order valence-electron chi connectivity index (χ2n) is 10.3. The number of carbonyl (C=O) groups excluding carboxylic acids is 1. The first-order chi connectivity index (χ1) is 16.5. The van der Waals surface area contributed by atoms with Gasteiger partial charge in [-0.15, -0.1) is 0 Å². The van der Waals surface area contributed by atoms with E-state index < -0.39 is 0 Å². The number of hydrogen-bond donors (Lipinski definition) is 1. The maximum absolute atomic E-state index is 13.3. The first-order valence-electron chi connectivity index (χ1n) is 12.3. The summed E-state index contributed by atoms with van der Waals surface area (Å²) in [5, 5.41) is 11.0. The van der Waals surface area contributed by atoms with Gasteiger partial charge in [0.05, 0.1) is 13.2 Å². The molecule has 1 spiro atoms. The molecule has 1 saturated carbocycles. The molecule has 6 heteroatoms. The Morgan fingerprint density at radius 1 is 1.29 bits per heavy atom. The summed E-state index contributed by atoms with van der Waals surface area (Å²) in [6.07, 6.45) is 7.12. The van der Waals surface area contributed by atoms with E-state index in [9.17, 15) is 9.90 Å². The van der Waals surface area contributed by atoms with Gasteiger partial charge in [0.1, 0.15) is 11.9 Å². The molecule has 6 rings (SSSR count). The van der Waals surface area contributed by atoms with Gasteiger partial charge in [0, 0.05) is 41.8 Å². The predicted molar refractivity (Wildman–Crippen MR) is 130 cm³/mol. The summed E-state index contributed by atoms with van der Waals surface area (Å²) < 4.78 is 12.4.